The maximum atomic E-state index is 13.3. The van der Waals surface area contributed by atoms with Gasteiger partial charge in [-0.05, 0) is 0 Å². The van der Waals surface area contributed by atoms with E-state index in [0.29, 0.717) is 12.1 Å². The molecular formula is C9H5F3N2O2S2. The lowest BCUT2D eigenvalue weighted by molar-refractivity contribution is 0.498. The highest BCUT2D eigenvalue weighted by atomic mass is 32.2. The normalized spacial score (nSPS) is 11.5. The van der Waals surface area contributed by atoms with Crippen LogP contribution >= 0.6 is 11.3 Å². The molecular weight excluding hydrogens is 289 g/mol. The summed E-state index contributed by atoms with van der Waals surface area (Å²) in [5, 5.41) is 1.34. The Kier molecular flexibility index (Phi) is 3.26. The van der Waals surface area contributed by atoms with E-state index in [-0.39, 0.29) is 5.82 Å². The van der Waals surface area contributed by atoms with Gasteiger partial charge in [0.1, 0.15) is 17.5 Å². The third-order valence-corrected chi connectivity index (χ3v) is 3.89. The molecule has 1 heterocycles. The average Bonchev–Trinajstić information content (AvgIpc) is 2.66. The number of rotatable bonds is 3. The molecule has 0 radical (unpaired) electrons. The first-order valence-electron chi connectivity index (χ1n) is 4.46. The molecule has 0 unspecified atom stereocenters. The molecule has 0 saturated carbocycles. The fourth-order valence-electron chi connectivity index (χ4n) is 1.24. The predicted molar refractivity (Wildman–Crippen MR) is 59.2 cm³/mol. The molecule has 0 saturated heterocycles. The minimum atomic E-state index is -4.48. The summed E-state index contributed by atoms with van der Waals surface area (Å²) in [5.41, 5.74) is 1.34. The number of thiazole rings is 1. The standard InChI is InChI=1S/C9H5F3N2O2S2/c10-5-1-6(11)9(7(12)2-5)18(15,16)14-8-3-17-4-13-8/h1-4,14H. The number of hydrogen-bond donors (Lipinski definition) is 1. The van der Waals surface area contributed by atoms with Crippen molar-refractivity contribution in [3.8, 4) is 0 Å². The minimum Gasteiger partial charge on any atom is -0.262 e. The van der Waals surface area contributed by atoms with E-state index >= 15 is 0 Å². The number of nitrogens with one attached hydrogen (secondary N) is 1. The van der Waals surface area contributed by atoms with Gasteiger partial charge in [-0.2, -0.15) is 0 Å². The lowest BCUT2D eigenvalue weighted by Gasteiger charge is -2.07. The number of anilines is 1. The van der Waals surface area contributed by atoms with E-state index < -0.39 is 32.4 Å². The van der Waals surface area contributed by atoms with E-state index in [4.69, 9.17) is 0 Å². The van der Waals surface area contributed by atoms with Crippen LogP contribution in [0.15, 0.2) is 27.9 Å². The number of sulfonamides is 1. The summed E-state index contributed by atoms with van der Waals surface area (Å²) in [4.78, 5) is 2.37. The Balaban J connectivity index is 2.48. The van der Waals surface area contributed by atoms with E-state index in [9.17, 15) is 21.6 Å². The first-order valence-corrected chi connectivity index (χ1v) is 6.88. The quantitative estimate of drug-likeness (QED) is 0.945. The van der Waals surface area contributed by atoms with Gasteiger partial charge < -0.3 is 0 Å². The van der Waals surface area contributed by atoms with Crippen molar-refractivity contribution in [1.82, 2.24) is 4.98 Å². The minimum absolute atomic E-state index is 0.0666. The van der Waals surface area contributed by atoms with Crippen LogP contribution in [0.1, 0.15) is 0 Å². The molecule has 0 aliphatic heterocycles. The van der Waals surface area contributed by atoms with Crippen molar-refractivity contribution in [3.05, 3.63) is 40.5 Å². The summed E-state index contributed by atoms with van der Waals surface area (Å²) < 4.78 is 64.6. The van der Waals surface area contributed by atoms with Crippen LogP contribution in [0, 0.1) is 17.5 Å². The lowest BCUT2D eigenvalue weighted by atomic mass is 10.3. The van der Waals surface area contributed by atoms with Crippen molar-refractivity contribution in [1.29, 1.82) is 0 Å². The number of nitrogens with zero attached hydrogens (tertiary/aromatic N) is 1. The third kappa shape index (κ3) is 2.46. The van der Waals surface area contributed by atoms with Crippen molar-refractivity contribution in [2.45, 2.75) is 4.90 Å². The Bertz CT molecular complexity index is 648. The molecule has 0 spiro atoms. The van der Waals surface area contributed by atoms with Crippen molar-refractivity contribution < 1.29 is 21.6 Å². The molecule has 0 fully saturated rings. The summed E-state index contributed by atoms with van der Waals surface area (Å²) in [6, 6.07) is 0.581. The van der Waals surface area contributed by atoms with Crippen LogP contribution < -0.4 is 4.72 Å². The van der Waals surface area contributed by atoms with Gasteiger partial charge in [0.15, 0.2) is 10.7 Å². The monoisotopic (exact) mass is 294 g/mol. The zero-order valence-corrected chi connectivity index (χ0v) is 10.2. The molecule has 1 N–H and O–H groups in total. The maximum Gasteiger partial charge on any atom is 0.268 e. The van der Waals surface area contributed by atoms with Gasteiger partial charge >= 0.3 is 0 Å². The van der Waals surface area contributed by atoms with Crippen molar-refractivity contribution >= 4 is 27.2 Å². The Morgan fingerprint density at radius 1 is 1.17 bits per heavy atom. The highest BCUT2D eigenvalue weighted by Crippen LogP contribution is 2.22. The Morgan fingerprint density at radius 2 is 1.78 bits per heavy atom. The van der Waals surface area contributed by atoms with Crippen LogP contribution in [0.25, 0.3) is 0 Å². The summed E-state index contributed by atoms with van der Waals surface area (Å²) in [6.07, 6.45) is 0. The Labute approximate surface area is 104 Å². The number of aromatic nitrogens is 1. The third-order valence-electron chi connectivity index (χ3n) is 1.90. The number of halogens is 3. The second-order valence-electron chi connectivity index (χ2n) is 3.18. The molecule has 0 amide bonds. The first-order chi connectivity index (χ1) is 8.40. The van der Waals surface area contributed by atoms with Gasteiger partial charge in [0.2, 0.25) is 0 Å². The van der Waals surface area contributed by atoms with Crippen molar-refractivity contribution in [3.63, 3.8) is 0 Å². The fraction of sp³-hybridized carbons (Fsp3) is 0. The van der Waals surface area contributed by atoms with Crippen LogP contribution in [0.2, 0.25) is 0 Å². The van der Waals surface area contributed by atoms with Crippen LogP contribution in [0.5, 0.6) is 0 Å². The molecule has 96 valence electrons. The van der Waals surface area contributed by atoms with Crippen LogP contribution in [-0.2, 0) is 10.0 Å². The summed E-state index contributed by atoms with van der Waals surface area (Å²) in [5.74, 6) is -4.27. The molecule has 1 aromatic heterocycles. The van der Waals surface area contributed by atoms with Crippen molar-refractivity contribution in [2.75, 3.05) is 4.72 Å². The molecule has 4 nitrogen and oxygen atoms in total. The van der Waals surface area contributed by atoms with Gasteiger partial charge in [-0.25, -0.2) is 26.6 Å². The summed E-state index contributed by atoms with van der Waals surface area (Å²) >= 11 is 1.10. The van der Waals surface area contributed by atoms with E-state index in [0.717, 1.165) is 11.3 Å². The molecule has 0 bridgehead atoms. The SMILES string of the molecule is O=S(=O)(Nc1cscn1)c1c(F)cc(F)cc1F. The lowest BCUT2D eigenvalue weighted by Crippen LogP contribution is -2.17. The van der Waals surface area contributed by atoms with E-state index in [1.54, 1.807) is 0 Å². The second-order valence-corrected chi connectivity index (χ2v) is 5.52. The number of benzene rings is 1. The summed E-state index contributed by atoms with van der Waals surface area (Å²) in [7, 11) is -4.48. The van der Waals surface area contributed by atoms with E-state index in [2.05, 4.69) is 4.98 Å². The van der Waals surface area contributed by atoms with E-state index in [1.807, 2.05) is 4.72 Å². The van der Waals surface area contributed by atoms with Gasteiger partial charge in [-0.1, -0.05) is 0 Å². The zero-order valence-electron chi connectivity index (χ0n) is 8.52. The molecule has 18 heavy (non-hydrogen) atoms. The molecule has 1 aromatic carbocycles. The number of hydrogen-bond acceptors (Lipinski definition) is 4. The Hall–Kier alpha value is -1.61. The van der Waals surface area contributed by atoms with Gasteiger partial charge in [0.25, 0.3) is 10.0 Å². The first kappa shape index (κ1) is 12.8. The largest absolute Gasteiger partial charge is 0.268 e. The molecule has 0 aliphatic rings. The highest BCUT2D eigenvalue weighted by Gasteiger charge is 2.25. The van der Waals surface area contributed by atoms with Gasteiger partial charge in [-0.15, -0.1) is 11.3 Å². The smallest absolute Gasteiger partial charge is 0.262 e. The van der Waals surface area contributed by atoms with Crippen LogP contribution in [0.3, 0.4) is 0 Å². The zero-order chi connectivity index (χ0) is 13.3. The predicted octanol–water partition coefficient (Wildman–Crippen LogP) is 2.36. The topological polar surface area (TPSA) is 59.1 Å². The molecule has 9 heteroatoms. The van der Waals surface area contributed by atoms with Gasteiger partial charge in [0.05, 0.1) is 5.51 Å². The molecule has 0 atom stereocenters. The maximum absolute atomic E-state index is 13.3. The van der Waals surface area contributed by atoms with Crippen LogP contribution in [-0.4, -0.2) is 13.4 Å². The molecule has 2 aromatic rings. The van der Waals surface area contributed by atoms with Crippen molar-refractivity contribution in [2.24, 2.45) is 0 Å². The van der Waals surface area contributed by atoms with Gasteiger partial charge in [-0.3, -0.25) is 4.72 Å². The van der Waals surface area contributed by atoms with Gasteiger partial charge in [0, 0.05) is 17.5 Å². The fourth-order valence-corrected chi connectivity index (χ4v) is 2.92. The highest BCUT2D eigenvalue weighted by molar-refractivity contribution is 7.92. The van der Waals surface area contributed by atoms with Crippen LogP contribution in [0.4, 0.5) is 19.0 Å². The second kappa shape index (κ2) is 4.58. The molecule has 2 rings (SSSR count). The van der Waals surface area contributed by atoms with E-state index in [1.165, 1.54) is 10.9 Å². The summed E-state index contributed by atoms with van der Waals surface area (Å²) in [6.45, 7) is 0. The average molecular weight is 294 g/mol. The Morgan fingerprint density at radius 3 is 2.28 bits per heavy atom. The molecule has 0 aliphatic carbocycles.